The molecule has 1 saturated heterocycles. The van der Waals surface area contributed by atoms with Crippen molar-refractivity contribution < 1.29 is 9.53 Å². The number of nitrogens with zero attached hydrogens (tertiary/aromatic N) is 3. The second-order valence-electron chi connectivity index (χ2n) is 8.02. The van der Waals surface area contributed by atoms with Gasteiger partial charge in [0.2, 0.25) is 5.91 Å². The second kappa shape index (κ2) is 11.5. The average Bonchev–Trinajstić information content (AvgIpc) is 2.79. The molecule has 1 unspecified atom stereocenters. The number of hydrogen-bond donors (Lipinski definition) is 1. The fourth-order valence-corrected chi connectivity index (χ4v) is 4.76. The van der Waals surface area contributed by atoms with Crippen LogP contribution in [0.3, 0.4) is 0 Å². The lowest BCUT2D eigenvalue weighted by atomic mass is 10.0. The van der Waals surface area contributed by atoms with Crippen molar-refractivity contribution in [1.82, 2.24) is 20.2 Å². The van der Waals surface area contributed by atoms with Crippen LogP contribution >= 0.6 is 11.8 Å². The Bertz CT molecular complexity index is 861. The number of hydrogen-bond acceptors (Lipinski definition) is 6. The molecule has 1 aliphatic rings. The van der Waals surface area contributed by atoms with Gasteiger partial charge in [-0.2, -0.15) is 0 Å². The zero-order valence-electron chi connectivity index (χ0n) is 19.1. The molecule has 3 rings (SSSR count). The molecule has 0 spiro atoms. The Labute approximate surface area is 190 Å². The second-order valence-corrected chi connectivity index (χ2v) is 8.79. The number of carbonyl (C=O) groups is 1. The Morgan fingerprint density at radius 3 is 2.48 bits per heavy atom. The Kier molecular flexibility index (Phi) is 8.72. The molecule has 0 bridgehead atoms. The number of amides is 1. The highest BCUT2D eigenvalue weighted by Gasteiger charge is 2.25. The van der Waals surface area contributed by atoms with Gasteiger partial charge in [-0.25, -0.2) is 9.97 Å². The first-order valence-electron chi connectivity index (χ1n) is 11.0. The van der Waals surface area contributed by atoms with Gasteiger partial charge in [0.1, 0.15) is 5.75 Å². The topological polar surface area (TPSA) is 67.3 Å². The summed E-state index contributed by atoms with van der Waals surface area (Å²) in [5.74, 6) is 0.939. The SMILES string of the molecule is COc1ccccc1C(CNC(=O)CCc1c(C)nc(SC)nc1C)N1CCCCC1. The largest absolute Gasteiger partial charge is 0.496 e. The number of benzene rings is 1. The van der Waals surface area contributed by atoms with Crippen molar-refractivity contribution in [2.24, 2.45) is 0 Å². The zero-order valence-corrected chi connectivity index (χ0v) is 19.9. The van der Waals surface area contributed by atoms with Crippen molar-refractivity contribution >= 4 is 17.7 Å². The van der Waals surface area contributed by atoms with Crippen LogP contribution in [0.15, 0.2) is 29.4 Å². The van der Waals surface area contributed by atoms with E-state index >= 15 is 0 Å². The first kappa shape index (κ1) is 23.5. The fourth-order valence-electron chi connectivity index (χ4n) is 4.31. The number of piperidine rings is 1. The maximum absolute atomic E-state index is 12.7. The number of thioether (sulfide) groups is 1. The summed E-state index contributed by atoms with van der Waals surface area (Å²) in [7, 11) is 1.71. The summed E-state index contributed by atoms with van der Waals surface area (Å²) in [4.78, 5) is 24.3. The van der Waals surface area contributed by atoms with Gasteiger partial charge in [-0.1, -0.05) is 36.4 Å². The predicted molar refractivity (Wildman–Crippen MR) is 126 cm³/mol. The molecule has 1 fully saturated rings. The summed E-state index contributed by atoms with van der Waals surface area (Å²) >= 11 is 1.54. The van der Waals surface area contributed by atoms with E-state index in [0.717, 1.165) is 46.5 Å². The van der Waals surface area contributed by atoms with Crippen LogP contribution in [0.25, 0.3) is 0 Å². The molecule has 1 amide bonds. The Morgan fingerprint density at radius 1 is 1.16 bits per heavy atom. The third kappa shape index (κ3) is 6.20. The Hall–Kier alpha value is -2.12. The van der Waals surface area contributed by atoms with E-state index in [1.807, 2.05) is 38.3 Å². The molecule has 1 N–H and O–H groups in total. The summed E-state index contributed by atoms with van der Waals surface area (Å²) in [6, 6.07) is 8.26. The van der Waals surface area contributed by atoms with Crippen LogP contribution in [0.1, 0.15) is 54.2 Å². The molecule has 1 atom stereocenters. The van der Waals surface area contributed by atoms with Crippen molar-refractivity contribution in [1.29, 1.82) is 0 Å². The highest BCUT2D eigenvalue weighted by Crippen LogP contribution is 2.31. The first-order valence-corrected chi connectivity index (χ1v) is 12.3. The van der Waals surface area contributed by atoms with Crippen LogP contribution in [0.5, 0.6) is 5.75 Å². The minimum absolute atomic E-state index is 0.0599. The highest BCUT2D eigenvalue weighted by atomic mass is 32.2. The average molecular weight is 443 g/mol. The van der Waals surface area contributed by atoms with Crippen molar-refractivity contribution in [3.8, 4) is 5.75 Å². The van der Waals surface area contributed by atoms with Gasteiger partial charge in [0.05, 0.1) is 13.2 Å². The number of aryl methyl sites for hydroxylation is 2. The van der Waals surface area contributed by atoms with Crippen molar-refractivity contribution in [2.75, 3.05) is 33.0 Å². The van der Waals surface area contributed by atoms with Gasteiger partial charge >= 0.3 is 0 Å². The fraction of sp³-hybridized carbons (Fsp3) is 0.542. The summed E-state index contributed by atoms with van der Waals surface area (Å²) in [5.41, 5.74) is 4.14. The molecular formula is C24H34N4O2S. The van der Waals surface area contributed by atoms with Crippen molar-refractivity contribution in [3.63, 3.8) is 0 Å². The van der Waals surface area contributed by atoms with E-state index in [9.17, 15) is 4.79 Å². The first-order chi connectivity index (χ1) is 15.0. The molecule has 1 aromatic carbocycles. The van der Waals surface area contributed by atoms with Crippen LogP contribution in [-0.2, 0) is 11.2 Å². The third-order valence-electron chi connectivity index (χ3n) is 6.01. The molecule has 7 heteroatoms. The molecule has 6 nitrogen and oxygen atoms in total. The van der Waals surface area contributed by atoms with Crippen LogP contribution in [0, 0.1) is 13.8 Å². The van der Waals surface area contributed by atoms with E-state index in [1.54, 1.807) is 7.11 Å². The summed E-state index contributed by atoms with van der Waals surface area (Å²) in [6.45, 7) is 6.68. The quantitative estimate of drug-likeness (QED) is 0.466. The lowest BCUT2D eigenvalue weighted by Gasteiger charge is -2.35. The predicted octanol–water partition coefficient (Wildman–Crippen LogP) is 4.10. The monoisotopic (exact) mass is 442 g/mol. The number of nitrogens with one attached hydrogen (secondary N) is 1. The van der Waals surface area contributed by atoms with Crippen LogP contribution in [0.2, 0.25) is 0 Å². The molecule has 2 aromatic rings. The number of aromatic nitrogens is 2. The van der Waals surface area contributed by atoms with Crippen LogP contribution in [0.4, 0.5) is 0 Å². The lowest BCUT2D eigenvalue weighted by Crippen LogP contribution is -2.40. The van der Waals surface area contributed by atoms with Gasteiger partial charge in [-0.05, 0) is 64.1 Å². The van der Waals surface area contributed by atoms with Gasteiger partial charge in [-0.3, -0.25) is 9.69 Å². The Morgan fingerprint density at radius 2 is 1.84 bits per heavy atom. The number of para-hydroxylation sites is 1. The van der Waals surface area contributed by atoms with E-state index < -0.39 is 0 Å². The van der Waals surface area contributed by atoms with Gasteiger partial charge in [0.15, 0.2) is 5.16 Å². The zero-order chi connectivity index (χ0) is 22.2. The van der Waals surface area contributed by atoms with Crippen LogP contribution in [-0.4, -0.2) is 53.8 Å². The molecule has 31 heavy (non-hydrogen) atoms. The lowest BCUT2D eigenvalue weighted by molar-refractivity contribution is -0.121. The number of rotatable bonds is 9. The highest BCUT2D eigenvalue weighted by molar-refractivity contribution is 7.98. The summed E-state index contributed by atoms with van der Waals surface area (Å²) in [5, 5.41) is 3.96. The minimum atomic E-state index is 0.0599. The molecule has 0 aliphatic carbocycles. The molecule has 2 heterocycles. The van der Waals surface area contributed by atoms with E-state index in [1.165, 1.54) is 31.0 Å². The molecule has 1 aromatic heterocycles. The van der Waals surface area contributed by atoms with Gasteiger partial charge in [0.25, 0.3) is 0 Å². The molecule has 168 valence electrons. The number of likely N-dealkylation sites (tertiary alicyclic amines) is 1. The van der Waals surface area contributed by atoms with E-state index in [4.69, 9.17) is 4.74 Å². The molecular weight excluding hydrogens is 408 g/mol. The maximum Gasteiger partial charge on any atom is 0.220 e. The van der Waals surface area contributed by atoms with Gasteiger partial charge in [0, 0.05) is 29.9 Å². The molecule has 1 aliphatic heterocycles. The van der Waals surface area contributed by atoms with Crippen LogP contribution < -0.4 is 10.1 Å². The summed E-state index contributed by atoms with van der Waals surface area (Å²) < 4.78 is 5.62. The molecule has 0 saturated carbocycles. The standard InChI is InChI=1S/C24H34N4O2S/c1-17-19(18(2)27-24(26-17)31-4)12-13-23(29)25-16-21(28-14-8-5-9-15-28)20-10-6-7-11-22(20)30-3/h6-7,10-11,21H,5,8-9,12-16H2,1-4H3,(H,25,29). The normalized spacial score (nSPS) is 15.5. The van der Waals surface area contributed by atoms with E-state index in [0.29, 0.717) is 19.4 Å². The van der Waals surface area contributed by atoms with E-state index in [2.05, 4.69) is 26.3 Å². The molecule has 0 radical (unpaired) electrons. The number of ether oxygens (including phenoxy) is 1. The van der Waals surface area contributed by atoms with E-state index in [-0.39, 0.29) is 11.9 Å². The Balaban J connectivity index is 1.65. The summed E-state index contributed by atoms with van der Waals surface area (Å²) in [6.07, 6.45) is 6.73. The van der Waals surface area contributed by atoms with Gasteiger partial charge in [-0.15, -0.1) is 0 Å². The number of carbonyl (C=O) groups excluding carboxylic acids is 1. The maximum atomic E-state index is 12.7. The van der Waals surface area contributed by atoms with Crippen molar-refractivity contribution in [3.05, 3.63) is 46.8 Å². The third-order valence-corrected chi connectivity index (χ3v) is 6.55. The number of methoxy groups -OCH3 is 1. The van der Waals surface area contributed by atoms with Gasteiger partial charge < -0.3 is 10.1 Å². The minimum Gasteiger partial charge on any atom is -0.496 e. The van der Waals surface area contributed by atoms with Crippen molar-refractivity contribution in [2.45, 2.75) is 57.1 Å². The smallest absolute Gasteiger partial charge is 0.220 e.